The smallest absolute Gasteiger partial charge is 0.0735 e. The molecule has 148 valence electrons. The van der Waals surface area contributed by atoms with Crippen LogP contribution in [-0.4, -0.2) is 17.0 Å². The Bertz CT molecular complexity index is 904. The van der Waals surface area contributed by atoms with E-state index in [1.807, 2.05) is 0 Å². The average molecular weight is 384 g/mol. The quantitative estimate of drug-likeness (QED) is 0.532. The molecule has 1 aliphatic heterocycles. The molecule has 1 fully saturated rings. The molecule has 29 heavy (non-hydrogen) atoms. The van der Waals surface area contributed by atoms with Crippen molar-refractivity contribution in [2.75, 3.05) is 0 Å². The number of hydrogen-bond donors (Lipinski definition) is 0. The Labute approximate surface area is 174 Å². The number of hydrogen-bond acceptors (Lipinski definition) is 2. The van der Waals surface area contributed by atoms with E-state index in [0.717, 1.165) is 19.5 Å². The number of nitrogens with zero attached hydrogens (tertiary/aromatic N) is 1. The van der Waals surface area contributed by atoms with Gasteiger partial charge < -0.3 is 4.74 Å². The first kappa shape index (κ1) is 18.6. The van der Waals surface area contributed by atoms with E-state index < -0.39 is 0 Å². The third-order valence-electron chi connectivity index (χ3n) is 6.52. The topological polar surface area (TPSA) is 12.5 Å². The van der Waals surface area contributed by atoms with Crippen molar-refractivity contribution in [2.24, 2.45) is 0 Å². The summed E-state index contributed by atoms with van der Waals surface area (Å²) >= 11 is 0. The molecule has 0 unspecified atom stereocenters. The molecule has 0 spiro atoms. The van der Waals surface area contributed by atoms with E-state index in [2.05, 4.69) is 83.8 Å². The zero-order chi connectivity index (χ0) is 19.5. The molecule has 0 amide bonds. The van der Waals surface area contributed by atoms with Gasteiger partial charge in [-0.1, -0.05) is 91.7 Å². The molecule has 0 aromatic heterocycles. The molecule has 0 N–H and O–H groups in total. The lowest BCUT2D eigenvalue weighted by Crippen LogP contribution is -2.45. The largest absolute Gasteiger partial charge is 0.372 e. The van der Waals surface area contributed by atoms with Crippen LogP contribution in [0.5, 0.6) is 0 Å². The summed E-state index contributed by atoms with van der Waals surface area (Å²) in [6.07, 6.45) is 5.27. The van der Waals surface area contributed by atoms with Gasteiger partial charge in [0.15, 0.2) is 0 Å². The minimum atomic E-state index is 0.307. The number of fused-ring (bicyclic) bond motifs is 3. The van der Waals surface area contributed by atoms with E-state index in [1.54, 1.807) is 0 Å². The van der Waals surface area contributed by atoms with Gasteiger partial charge in [-0.15, -0.1) is 0 Å². The molecule has 0 radical (unpaired) electrons. The fourth-order valence-corrected chi connectivity index (χ4v) is 5.04. The second-order valence-corrected chi connectivity index (χ2v) is 8.41. The predicted molar refractivity (Wildman–Crippen MR) is 118 cm³/mol. The molecule has 3 aromatic rings. The maximum absolute atomic E-state index is 6.51. The van der Waals surface area contributed by atoms with Crippen molar-refractivity contribution < 1.29 is 4.74 Å². The highest BCUT2D eigenvalue weighted by atomic mass is 16.5. The fourth-order valence-electron chi connectivity index (χ4n) is 5.04. The first-order valence-corrected chi connectivity index (χ1v) is 10.9. The molecule has 1 saturated carbocycles. The van der Waals surface area contributed by atoms with Gasteiger partial charge in [-0.3, -0.25) is 4.90 Å². The van der Waals surface area contributed by atoms with E-state index in [1.165, 1.54) is 47.1 Å². The highest BCUT2D eigenvalue weighted by molar-refractivity contribution is 5.71. The van der Waals surface area contributed by atoms with Crippen LogP contribution in [0.1, 0.15) is 42.4 Å². The van der Waals surface area contributed by atoms with Crippen molar-refractivity contribution in [2.45, 2.75) is 57.5 Å². The summed E-state index contributed by atoms with van der Waals surface area (Å²) in [5.41, 5.74) is 6.92. The number of rotatable bonds is 4. The Morgan fingerprint density at radius 1 is 0.690 bits per heavy atom. The lowest BCUT2D eigenvalue weighted by Gasteiger charge is -2.39. The zero-order valence-corrected chi connectivity index (χ0v) is 17.0. The molecular formula is C27H29NO. The van der Waals surface area contributed by atoms with Crippen LogP contribution in [0.3, 0.4) is 0 Å². The van der Waals surface area contributed by atoms with Gasteiger partial charge in [-0.25, -0.2) is 0 Å². The van der Waals surface area contributed by atoms with Gasteiger partial charge in [0.1, 0.15) is 0 Å². The molecule has 0 bridgehead atoms. The molecule has 2 aliphatic rings. The number of benzene rings is 3. The summed E-state index contributed by atoms with van der Waals surface area (Å²) in [5, 5.41) is 0. The van der Waals surface area contributed by atoms with Gasteiger partial charge >= 0.3 is 0 Å². The molecule has 5 rings (SSSR count). The minimum absolute atomic E-state index is 0.307. The van der Waals surface area contributed by atoms with Gasteiger partial charge in [-0.2, -0.15) is 0 Å². The van der Waals surface area contributed by atoms with Crippen molar-refractivity contribution in [1.29, 1.82) is 0 Å². The molecule has 2 nitrogen and oxygen atoms in total. The third-order valence-corrected chi connectivity index (χ3v) is 6.52. The monoisotopic (exact) mass is 383 g/mol. The van der Waals surface area contributed by atoms with Crippen molar-refractivity contribution in [3.05, 3.63) is 95.6 Å². The molecule has 2 atom stereocenters. The van der Waals surface area contributed by atoms with Gasteiger partial charge in [-0.05, 0) is 40.7 Å². The van der Waals surface area contributed by atoms with Gasteiger partial charge in [0.05, 0.1) is 12.7 Å². The summed E-state index contributed by atoms with van der Waals surface area (Å²) in [5.74, 6) is 0. The second-order valence-electron chi connectivity index (χ2n) is 8.41. The summed E-state index contributed by atoms with van der Waals surface area (Å²) in [7, 11) is 0. The standard InChI is InChI=1S/C27H29NO/c1-2-10-21(11-3-1)20-29-27-17-9-8-16-26(27)28-18-22-12-4-6-14-24(22)25-15-7-5-13-23(25)19-28/h1-7,10-15,26-27H,8-9,16-20H2/t26-,27-/m0/s1. The molecule has 2 heteroatoms. The molecular weight excluding hydrogens is 354 g/mol. The lowest BCUT2D eigenvalue weighted by molar-refractivity contribution is -0.0495. The van der Waals surface area contributed by atoms with Crippen LogP contribution in [0, 0.1) is 0 Å². The maximum atomic E-state index is 6.51. The van der Waals surface area contributed by atoms with E-state index >= 15 is 0 Å². The normalized spacial score (nSPS) is 21.8. The van der Waals surface area contributed by atoms with Gasteiger partial charge in [0, 0.05) is 19.1 Å². The van der Waals surface area contributed by atoms with E-state index in [4.69, 9.17) is 4.74 Å². The Hall–Kier alpha value is -2.42. The van der Waals surface area contributed by atoms with E-state index in [-0.39, 0.29) is 0 Å². The van der Waals surface area contributed by atoms with Crippen LogP contribution in [0.25, 0.3) is 11.1 Å². The van der Waals surface area contributed by atoms with Crippen molar-refractivity contribution >= 4 is 0 Å². The Morgan fingerprint density at radius 2 is 1.28 bits per heavy atom. The molecule has 0 saturated heterocycles. The summed E-state index contributed by atoms with van der Waals surface area (Å²) < 4.78 is 6.51. The van der Waals surface area contributed by atoms with Gasteiger partial charge in [0.25, 0.3) is 0 Å². The Kier molecular flexibility index (Phi) is 5.47. The first-order chi connectivity index (χ1) is 14.4. The average Bonchev–Trinajstić information content (AvgIpc) is 2.95. The third kappa shape index (κ3) is 4.01. The minimum Gasteiger partial charge on any atom is -0.372 e. The van der Waals surface area contributed by atoms with Crippen molar-refractivity contribution in [1.82, 2.24) is 4.90 Å². The van der Waals surface area contributed by atoms with Crippen LogP contribution < -0.4 is 0 Å². The molecule has 3 aromatic carbocycles. The van der Waals surface area contributed by atoms with Crippen molar-refractivity contribution in [3.8, 4) is 11.1 Å². The van der Waals surface area contributed by atoms with Gasteiger partial charge in [0.2, 0.25) is 0 Å². The predicted octanol–water partition coefficient (Wildman–Crippen LogP) is 6.20. The summed E-state index contributed by atoms with van der Waals surface area (Å²) in [4.78, 5) is 2.68. The lowest BCUT2D eigenvalue weighted by atomic mass is 9.90. The van der Waals surface area contributed by atoms with Crippen LogP contribution >= 0.6 is 0 Å². The SMILES string of the molecule is c1ccc(CO[C@H]2CCCC[C@@H]2N2Cc3ccccc3-c3ccccc3C2)cc1. The van der Waals surface area contributed by atoms with E-state index in [0.29, 0.717) is 18.8 Å². The summed E-state index contributed by atoms with van der Waals surface area (Å²) in [6, 6.07) is 28.9. The van der Waals surface area contributed by atoms with Crippen LogP contribution in [0.4, 0.5) is 0 Å². The maximum Gasteiger partial charge on any atom is 0.0735 e. The van der Waals surface area contributed by atoms with Crippen LogP contribution in [-0.2, 0) is 24.4 Å². The second kappa shape index (κ2) is 8.52. The highest BCUT2D eigenvalue weighted by Gasteiger charge is 2.33. The number of ether oxygens (including phenoxy) is 1. The fraction of sp³-hybridized carbons (Fsp3) is 0.333. The summed E-state index contributed by atoms with van der Waals surface area (Å²) in [6.45, 7) is 2.71. The van der Waals surface area contributed by atoms with Crippen molar-refractivity contribution in [3.63, 3.8) is 0 Å². The Morgan fingerprint density at radius 3 is 1.97 bits per heavy atom. The van der Waals surface area contributed by atoms with E-state index in [9.17, 15) is 0 Å². The zero-order valence-electron chi connectivity index (χ0n) is 17.0. The van der Waals surface area contributed by atoms with Crippen LogP contribution in [0.2, 0.25) is 0 Å². The first-order valence-electron chi connectivity index (χ1n) is 10.9. The molecule has 1 heterocycles. The van der Waals surface area contributed by atoms with Crippen LogP contribution in [0.15, 0.2) is 78.9 Å². The Balaban J connectivity index is 1.41. The highest BCUT2D eigenvalue weighted by Crippen LogP contribution is 2.36. The molecule has 1 aliphatic carbocycles.